The smallest absolute Gasteiger partial charge is 0.191 e. The van der Waals surface area contributed by atoms with Crippen molar-refractivity contribution in [1.29, 1.82) is 0 Å². The van der Waals surface area contributed by atoms with Crippen molar-refractivity contribution in [3.05, 3.63) is 48.2 Å². The van der Waals surface area contributed by atoms with Gasteiger partial charge in [-0.2, -0.15) is 0 Å². The molecule has 1 saturated heterocycles. The standard InChI is InChI=1S/C25H29N3O3/c1-16-26-13-25(31-16)18-3-4-19-12-27-21(10-20(19)9-18)11-24(29)17-5-7-22(8-6-17)28(2)23-14-30-15-23/h3-4,9-10,12-13,17,22-23H,5-8,11,14-15H2,1-2H3. The number of hydrogen-bond acceptors (Lipinski definition) is 6. The lowest BCUT2D eigenvalue weighted by Crippen LogP contribution is -2.52. The topological polar surface area (TPSA) is 68.5 Å². The van der Waals surface area contributed by atoms with Crippen molar-refractivity contribution in [2.24, 2.45) is 5.92 Å². The quantitative estimate of drug-likeness (QED) is 0.597. The van der Waals surface area contributed by atoms with Gasteiger partial charge in [0.05, 0.1) is 25.5 Å². The summed E-state index contributed by atoms with van der Waals surface area (Å²) in [6, 6.07) is 9.30. The molecular weight excluding hydrogens is 390 g/mol. The van der Waals surface area contributed by atoms with Crippen molar-refractivity contribution in [2.75, 3.05) is 20.3 Å². The molecule has 6 nitrogen and oxygen atoms in total. The predicted octanol–water partition coefficient (Wildman–Crippen LogP) is 4.20. The van der Waals surface area contributed by atoms with Crippen LogP contribution >= 0.6 is 0 Å². The number of oxazole rings is 1. The Labute approximate surface area is 182 Å². The third-order valence-corrected chi connectivity index (χ3v) is 6.96. The van der Waals surface area contributed by atoms with E-state index in [4.69, 9.17) is 9.15 Å². The summed E-state index contributed by atoms with van der Waals surface area (Å²) in [4.78, 5) is 24.2. The second-order valence-electron chi connectivity index (χ2n) is 8.99. The van der Waals surface area contributed by atoms with Crippen LogP contribution in [0.15, 0.2) is 41.1 Å². The Kier molecular flexibility index (Phi) is 5.59. The fourth-order valence-electron chi connectivity index (χ4n) is 4.82. The molecule has 2 aliphatic rings. The van der Waals surface area contributed by atoms with Crippen LogP contribution in [0.5, 0.6) is 0 Å². The van der Waals surface area contributed by atoms with E-state index in [0.29, 0.717) is 30.2 Å². The van der Waals surface area contributed by atoms with E-state index in [9.17, 15) is 4.79 Å². The molecule has 2 fully saturated rings. The van der Waals surface area contributed by atoms with E-state index < -0.39 is 0 Å². The van der Waals surface area contributed by atoms with Gasteiger partial charge in [-0.05, 0) is 50.2 Å². The second kappa shape index (κ2) is 8.52. The van der Waals surface area contributed by atoms with Crippen molar-refractivity contribution in [3.8, 4) is 11.3 Å². The lowest BCUT2D eigenvalue weighted by Gasteiger charge is -2.42. The highest BCUT2D eigenvalue weighted by atomic mass is 16.5. The number of fused-ring (bicyclic) bond motifs is 1. The number of aryl methyl sites for hydroxylation is 1. The number of likely N-dealkylation sites (N-methyl/N-ethyl adjacent to an activating group) is 1. The summed E-state index contributed by atoms with van der Waals surface area (Å²) >= 11 is 0. The Balaban J connectivity index is 1.24. The van der Waals surface area contributed by atoms with Crippen LogP contribution in [-0.4, -0.2) is 53.0 Å². The van der Waals surface area contributed by atoms with Crippen LogP contribution in [0.4, 0.5) is 0 Å². The first-order chi connectivity index (χ1) is 15.1. The van der Waals surface area contributed by atoms with Crippen molar-refractivity contribution < 1.29 is 13.9 Å². The molecule has 2 aromatic heterocycles. The van der Waals surface area contributed by atoms with Gasteiger partial charge in [-0.25, -0.2) is 4.98 Å². The molecule has 162 valence electrons. The highest BCUT2D eigenvalue weighted by molar-refractivity contribution is 5.88. The van der Waals surface area contributed by atoms with Crippen LogP contribution in [0.25, 0.3) is 22.1 Å². The molecule has 1 aliphatic heterocycles. The molecule has 5 rings (SSSR count). The number of Topliss-reactive ketones (excluding diaryl/α,β-unsaturated/α-hetero) is 1. The number of ether oxygens (including phenoxy) is 1. The van der Waals surface area contributed by atoms with Crippen LogP contribution < -0.4 is 0 Å². The van der Waals surface area contributed by atoms with Crippen molar-refractivity contribution in [1.82, 2.24) is 14.9 Å². The molecule has 3 aromatic rings. The number of aromatic nitrogens is 2. The van der Waals surface area contributed by atoms with E-state index in [2.05, 4.69) is 28.0 Å². The number of ketones is 1. The van der Waals surface area contributed by atoms with E-state index in [0.717, 1.165) is 66.7 Å². The van der Waals surface area contributed by atoms with Gasteiger partial charge < -0.3 is 9.15 Å². The summed E-state index contributed by atoms with van der Waals surface area (Å²) in [6.45, 7) is 3.53. The highest BCUT2D eigenvalue weighted by Crippen LogP contribution is 2.31. The van der Waals surface area contributed by atoms with E-state index in [1.165, 1.54) is 0 Å². The molecule has 3 heterocycles. The van der Waals surface area contributed by atoms with Gasteiger partial charge in [-0.15, -0.1) is 0 Å². The number of benzene rings is 1. The number of carbonyl (C=O) groups excluding carboxylic acids is 1. The molecule has 1 saturated carbocycles. The van der Waals surface area contributed by atoms with E-state index in [1.54, 1.807) is 6.20 Å². The van der Waals surface area contributed by atoms with Gasteiger partial charge in [-0.3, -0.25) is 14.7 Å². The molecule has 1 aromatic carbocycles. The number of rotatable bonds is 6. The minimum atomic E-state index is 0.156. The first-order valence-electron chi connectivity index (χ1n) is 11.2. The lowest BCUT2D eigenvalue weighted by atomic mass is 9.81. The molecular formula is C25H29N3O3. The van der Waals surface area contributed by atoms with Crippen LogP contribution in [0.2, 0.25) is 0 Å². The molecule has 0 bridgehead atoms. The van der Waals surface area contributed by atoms with Gasteiger partial charge in [0.2, 0.25) is 0 Å². The van der Waals surface area contributed by atoms with Gasteiger partial charge in [-0.1, -0.05) is 12.1 Å². The summed E-state index contributed by atoms with van der Waals surface area (Å²) in [5, 5.41) is 2.12. The number of carbonyl (C=O) groups is 1. The van der Waals surface area contributed by atoms with Crippen molar-refractivity contribution in [3.63, 3.8) is 0 Å². The fraction of sp³-hybridized carbons (Fsp3) is 0.480. The number of hydrogen-bond donors (Lipinski definition) is 0. The zero-order valence-electron chi connectivity index (χ0n) is 18.2. The fourth-order valence-corrected chi connectivity index (χ4v) is 4.82. The number of nitrogens with zero attached hydrogens (tertiary/aromatic N) is 3. The van der Waals surface area contributed by atoms with E-state index in [-0.39, 0.29) is 5.92 Å². The maximum atomic E-state index is 13.0. The molecule has 0 atom stereocenters. The number of pyridine rings is 1. The second-order valence-corrected chi connectivity index (χ2v) is 8.99. The maximum absolute atomic E-state index is 13.0. The third kappa shape index (κ3) is 4.27. The first kappa shape index (κ1) is 20.3. The summed E-state index contributed by atoms with van der Waals surface area (Å²) in [6.07, 6.45) is 8.15. The zero-order chi connectivity index (χ0) is 21.4. The molecule has 31 heavy (non-hydrogen) atoms. The third-order valence-electron chi connectivity index (χ3n) is 6.96. The molecule has 1 aliphatic carbocycles. The van der Waals surface area contributed by atoms with Gasteiger partial charge in [0, 0.05) is 48.1 Å². The predicted molar refractivity (Wildman–Crippen MR) is 119 cm³/mol. The SMILES string of the molecule is Cc1ncc(-c2ccc3cnc(CC(=O)C4CCC(N(C)C5COC5)CC4)cc3c2)o1. The Morgan fingerprint density at radius 3 is 2.52 bits per heavy atom. The lowest BCUT2D eigenvalue weighted by molar-refractivity contribution is -0.124. The highest BCUT2D eigenvalue weighted by Gasteiger charge is 2.33. The summed E-state index contributed by atoms with van der Waals surface area (Å²) in [5.41, 5.74) is 1.82. The Bertz CT molecular complexity index is 1080. The van der Waals surface area contributed by atoms with E-state index in [1.807, 2.05) is 31.3 Å². The van der Waals surface area contributed by atoms with Gasteiger partial charge >= 0.3 is 0 Å². The average Bonchev–Trinajstić information content (AvgIpc) is 3.18. The largest absolute Gasteiger partial charge is 0.441 e. The molecule has 0 spiro atoms. The van der Waals surface area contributed by atoms with Crippen LogP contribution in [0.1, 0.15) is 37.3 Å². The average molecular weight is 420 g/mol. The van der Waals surface area contributed by atoms with Gasteiger partial charge in [0.25, 0.3) is 0 Å². The summed E-state index contributed by atoms with van der Waals surface area (Å²) < 4.78 is 11.0. The molecule has 0 unspecified atom stereocenters. The van der Waals surface area contributed by atoms with Crippen LogP contribution in [0, 0.1) is 12.8 Å². The monoisotopic (exact) mass is 419 g/mol. The Hall–Kier alpha value is -2.57. The van der Waals surface area contributed by atoms with Gasteiger partial charge in [0.15, 0.2) is 11.7 Å². The summed E-state index contributed by atoms with van der Waals surface area (Å²) in [5.74, 6) is 1.88. The first-order valence-corrected chi connectivity index (χ1v) is 11.2. The Morgan fingerprint density at radius 2 is 1.84 bits per heavy atom. The normalized spacial score (nSPS) is 22.0. The summed E-state index contributed by atoms with van der Waals surface area (Å²) in [7, 11) is 2.20. The molecule has 6 heteroatoms. The van der Waals surface area contributed by atoms with Crippen LogP contribution in [-0.2, 0) is 16.0 Å². The minimum absolute atomic E-state index is 0.156. The molecule has 0 amide bonds. The molecule has 0 N–H and O–H groups in total. The van der Waals surface area contributed by atoms with E-state index >= 15 is 0 Å². The van der Waals surface area contributed by atoms with Crippen LogP contribution in [0.3, 0.4) is 0 Å². The minimum Gasteiger partial charge on any atom is -0.441 e. The van der Waals surface area contributed by atoms with Gasteiger partial charge in [0.1, 0.15) is 5.78 Å². The maximum Gasteiger partial charge on any atom is 0.191 e. The Morgan fingerprint density at radius 1 is 1.03 bits per heavy atom. The molecule has 0 radical (unpaired) electrons. The zero-order valence-corrected chi connectivity index (χ0v) is 18.2. The van der Waals surface area contributed by atoms with Crippen molar-refractivity contribution in [2.45, 2.75) is 51.1 Å². The van der Waals surface area contributed by atoms with Crippen molar-refractivity contribution >= 4 is 16.6 Å².